The van der Waals surface area contributed by atoms with Gasteiger partial charge in [-0.1, -0.05) is 0 Å². The average molecular weight is 257 g/mol. The van der Waals surface area contributed by atoms with Crippen LogP contribution in [0.4, 0.5) is 5.69 Å². The number of ether oxygens (including phenoxy) is 1. The first-order chi connectivity index (χ1) is 9.13. The molecule has 3 N–H and O–H groups in total. The Hall–Kier alpha value is -1.97. The lowest BCUT2D eigenvalue weighted by atomic mass is 10.2. The summed E-state index contributed by atoms with van der Waals surface area (Å²) < 4.78 is 5.72. The molecule has 0 amide bonds. The van der Waals surface area contributed by atoms with Crippen LogP contribution in [0.25, 0.3) is 11.4 Å². The number of hydrogen-bond acceptors (Lipinski definition) is 3. The van der Waals surface area contributed by atoms with E-state index in [4.69, 9.17) is 10.5 Å². The van der Waals surface area contributed by atoms with Crippen molar-refractivity contribution in [1.29, 1.82) is 0 Å². The van der Waals surface area contributed by atoms with E-state index in [1.165, 1.54) is 12.8 Å². The van der Waals surface area contributed by atoms with E-state index in [1.807, 2.05) is 32.0 Å². The van der Waals surface area contributed by atoms with E-state index in [2.05, 4.69) is 9.97 Å². The number of benzene rings is 1. The Morgan fingerprint density at radius 3 is 2.74 bits per heavy atom. The molecule has 1 saturated carbocycles. The maximum atomic E-state index is 6.04. The second-order valence-corrected chi connectivity index (χ2v) is 5.30. The van der Waals surface area contributed by atoms with Gasteiger partial charge in [-0.15, -0.1) is 0 Å². The van der Waals surface area contributed by atoms with E-state index in [0.717, 1.165) is 41.1 Å². The van der Waals surface area contributed by atoms with Crippen molar-refractivity contribution in [3.63, 3.8) is 0 Å². The van der Waals surface area contributed by atoms with Crippen molar-refractivity contribution in [3.8, 4) is 17.1 Å². The predicted octanol–water partition coefficient (Wildman–Crippen LogP) is 3.06. The molecule has 0 aliphatic heterocycles. The second kappa shape index (κ2) is 4.61. The van der Waals surface area contributed by atoms with Crippen molar-refractivity contribution in [3.05, 3.63) is 29.6 Å². The fraction of sp³-hybridized carbons (Fsp3) is 0.400. The monoisotopic (exact) mass is 257 g/mol. The fourth-order valence-electron chi connectivity index (χ4n) is 2.00. The van der Waals surface area contributed by atoms with E-state index in [1.54, 1.807) is 0 Å². The summed E-state index contributed by atoms with van der Waals surface area (Å²) in [6.07, 6.45) is 2.56. The summed E-state index contributed by atoms with van der Waals surface area (Å²) in [6, 6.07) is 5.84. The minimum Gasteiger partial charge on any atom is -0.491 e. The smallest absolute Gasteiger partial charge is 0.142 e. The number of nitrogens with zero attached hydrogens (tertiary/aromatic N) is 1. The molecule has 0 atom stereocenters. The summed E-state index contributed by atoms with van der Waals surface area (Å²) >= 11 is 0. The van der Waals surface area contributed by atoms with Crippen molar-refractivity contribution < 1.29 is 4.74 Å². The third-order valence-electron chi connectivity index (χ3n) is 3.58. The van der Waals surface area contributed by atoms with Crippen molar-refractivity contribution in [2.75, 3.05) is 12.3 Å². The largest absolute Gasteiger partial charge is 0.491 e. The number of nitrogens with two attached hydrogens (primary N) is 1. The van der Waals surface area contributed by atoms with Gasteiger partial charge in [0.1, 0.15) is 11.6 Å². The highest BCUT2D eigenvalue weighted by Crippen LogP contribution is 2.32. The van der Waals surface area contributed by atoms with Gasteiger partial charge in [0.05, 0.1) is 18.0 Å². The van der Waals surface area contributed by atoms with Gasteiger partial charge in [0, 0.05) is 11.3 Å². The molecule has 100 valence electrons. The first-order valence-corrected chi connectivity index (χ1v) is 6.69. The maximum absolute atomic E-state index is 6.04. The molecule has 1 aromatic carbocycles. The number of anilines is 1. The summed E-state index contributed by atoms with van der Waals surface area (Å²) in [5, 5.41) is 0. The normalized spacial score (nSPS) is 14.6. The number of aromatic amines is 1. The molecule has 1 aliphatic rings. The number of nitrogen functional groups attached to an aromatic ring is 1. The third-order valence-corrected chi connectivity index (χ3v) is 3.58. The van der Waals surface area contributed by atoms with Crippen LogP contribution >= 0.6 is 0 Å². The molecule has 1 heterocycles. The highest BCUT2D eigenvalue weighted by atomic mass is 16.5. The molecule has 1 aromatic heterocycles. The van der Waals surface area contributed by atoms with Crippen LogP contribution in [0.2, 0.25) is 0 Å². The lowest BCUT2D eigenvalue weighted by Crippen LogP contribution is -2.01. The van der Waals surface area contributed by atoms with Crippen molar-refractivity contribution >= 4 is 5.69 Å². The highest BCUT2D eigenvalue weighted by molar-refractivity contribution is 5.66. The third kappa shape index (κ3) is 2.57. The van der Waals surface area contributed by atoms with Crippen molar-refractivity contribution in [1.82, 2.24) is 9.97 Å². The van der Waals surface area contributed by atoms with E-state index >= 15 is 0 Å². The maximum Gasteiger partial charge on any atom is 0.142 e. The molecule has 19 heavy (non-hydrogen) atoms. The standard InChI is InChI=1S/C15H19N3O/c1-9-10(2)18-15(17-9)12-5-6-14(13(16)7-12)19-8-11-3-4-11/h5-7,11H,3-4,8,16H2,1-2H3,(H,17,18). The van der Waals surface area contributed by atoms with E-state index in [9.17, 15) is 0 Å². The number of imidazole rings is 1. The van der Waals surface area contributed by atoms with E-state index in [0.29, 0.717) is 5.69 Å². The van der Waals surface area contributed by atoms with Gasteiger partial charge in [0.2, 0.25) is 0 Å². The summed E-state index contributed by atoms with van der Waals surface area (Å²) in [5.74, 6) is 2.36. The molecule has 4 heteroatoms. The Bertz CT molecular complexity index is 580. The lowest BCUT2D eigenvalue weighted by Gasteiger charge is -2.09. The van der Waals surface area contributed by atoms with Crippen LogP contribution in [0.1, 0.15) is 24.2 Å². The topological polar surface area (TPSA) is 63.9 Å². The summed E-state index contributed by atoms with van der Waals surface area (Å²) in [5.41, 5.74) is 9.81. The Balaban J connectivity index is 1.81. The van der Waals surface area contributed by atoms with E-state index in [-0.39, 0.29) is 0 Å². The minimum absolute atomic E-state index is 0.671. The van der Waals surface area contributed by atoms with Crippen LogP contribution in [-0.2, 0) is 0 Å². The first-order valence-electron chi connectivity index (χ1n) is 6.69. The summed E-state index contributed by atoms with van der Waals surface area (Å²) in [7, 11) is 0. The van der Waals surface area contributed by atoms with Gasteiger partial charge in [-0.05, 0) is 50.8 Å². The minimum atomic E-state index is 0.671. The molecule has 1 fully saturated rings. The van der Waals surface area contributed by atoms with Crippen LogP contribution in [0.5, 0.6) is 5.75 Å². The van der Waals surface area contributed by atoms with Crippen molar-refractivity contribution in [2.45, 2.75) is 26.7 Å². The first kappa shape index (κ1) is 12.1. The van der Waals surface area contributed by atoms with Gasteiger partial charge in [-0.3, -0.25) is 0 Å². The quantitative estimate of drug-likeness (QED) is 0.827. The molecular weight excluding hydrogens is 238 g/mol. The predicted molar refractivity (Wildman–Crippen MR) is 76.1 cm³/mol. The molecule has 0 bridgehead atoms. The Morgan fingerprint density at radius 1 is 1.37 bits per heavy atom. The molecule has 1 aliphatic carbocycles. The average Bonchev–Trinajstić information content (AvgIpc) is 3.14. The van der Waals surface area contributed by atoms with Gasteiger partial charge in [-0.2, -0.15) is 0 Å². The van der Waals surface area contributed by atoms with Crippen LogP contribution < -0.4 is 10.5 Å². The molecular formula is C15H19N3O. The van der Waals surface area contributed by atoms with Crippen molar-refractivity contribution in [2.24, 2.45) is 5.92 Å². The highest BCUT2D eigenvalue weighted by Gasteiger charge is 2.22. The molecule has 0 spiro atoms. The molecule has 0 radical (unpaired) electrons. The van der Waals surface area contributed by atoms with Gasteiger partial charge >= 0.3 is 0 Å². The number of H-pyrrole nitrogens is 1. The molecule has 0 saturated heterocycles. The zero-order valence-corrected chi connectivity index (χ0v) is 11.4. The summed E-state index contributed by atoms with van der Waals surface area (Å²) in [4.78, 5) is 7.74. The summed E-state index contributed by atoms with van der Waals surface area (Å²) in [6.45, 7) is 4.79. The van der Waals surface area contributed by atoms with Crippen LogP contribution in [0.3, 0.4) is 0 Å². The SMILES string of the molecule is Cc1nc(-c2ccc(OCC3CC3)c(N)c2)[nH]c1C. The molecule has 0 unspecified atom stereocenters. The van der Waals surface area contributed by atoms with Gasteiger partial charge in [0.15, 0.2) is 0 Å². The van der Waals surface area contributed by atoms with Gasteiger partial charge in [-0.25, -0.2) is 4.98 Å². The zero-order chi connectivity index (χ0) is 13.4. The fourth-order valence-corrected chi connectivity index (χ4v) is 2.00. The van der Waals surface area contributed by atoms with Gasteiger partial charge in [0.25, 0.3) is 0 Å². The van der Waals surface area contributed by atoms with Crippen LogP contribution in [0.15, 0.2) is 18.2 Å². The van der Waals surface area contributed by atoms with Gasteiger partial charge < -0.3 is 15.5 Å². The number of aromatic nitrogens is 2. The number of nitrogens with one attached hydrogen (secondary N) is 1. The Labute approximate surface area is 113 Å². The molecule has 2 aromatic rings. The Kier molecular flexibility index (Phi) is 2.93. The van der Waals surface area contributed by atoms with Crippen LogP contribution in [-0.4, -0.2) is 16.6 Å². The molecule has 4 nitrogen and oxygen atoms in total. The number of rotatable bonds is 4. The number of aryl methyl sites for hydroxylation is 2. The lowest BCUT2D eigenvalue weighted by molar-refractivity contribution is 0.301. The van der Waals surface area contributed by atoms with E-state index < -0.39 is 0 Å². The zero-order valence-electron chi connectivity index (χ0n) is 11.4. The Morgan fingerprint density at radius 2 is 2.16 bits per heavy atom. The second-order valence-electron chi connectivity index (χ2n) is 5.30. The van der Waals surface area contributed by atoms with Crippen LogP contribution in [0, 0.1) is 19.8 Å². The molecule has 3 rings (SSSR count). The number of hydrogen-bond donors (Lipinski definition) is 2.